The number of nitrogens with one attached hydrogen (secondary N) is 1. The Morgan fingerprint density at radius 2 is 1.78 bits per heavy atom. The lowest BCUT2D eigenvalue weighted by Gasteiger charge is -2.23. The number of nitrogens with zero attached hydrogens (tertiary/aromatic N) is 1. The zero-order valence-corrected chi connectivity index (χ0v) is 19.4. The molecule has 2 aromatic rings. The molecule has 0 heterocycles. The molecule has 0 fully saturated rings. The largest absolute Gasteiger partial charge is 0.573 e. The number of hydrogen-bond acceptors (Lipinski definition) is 6. The highest BCUT2D eigenvalue weighted by atomic mass is 35.5. The Bertz CT molecular complexity index is 1090. The number of hydrogen-bond donors (Lipinski definition) is 1. The summed E-state index contributed by atoms with van der Waals surface area (Å²) in [6, 6.07) is 6.17. The van der Waals surface area contributed by atoms with E-state index in [-0.39, 0.29) is 16.6 Å². The van der Waals surface area contributed by atoms with E-state index < -0.39 is 44.6 Å². The molecular weight excluding hydrogens is 496 g/mol. The van der Waals surface area contributed by atoms with Gasteiger partial charge < -0.3 is 14.4 Å². The first-order valence-electron chi connectivity index (χ1n) is 8.83. The predicted octanol–water partition coefficient (Wildman–Crippen LogP) is 4.26. The van der Waals surface area contributed by atoms with Crippen molar-refractivity contribution in [3.8, 4) is 5.75 Å². The third-order valence-corrected chi connectivity index (χ3v) is 6.29. The molecule has 13 heteroatoms. The molecular formula is C19H19Cl2F3N2O5S. The van der Waals surface area contributed by atoms with Crippen LogP contribution in [0.3, 0.4) is 0 Å². The van der Waals surface area contributed by atoms with Crippen LogP contribution in [0.5, 0.6) is 5.75 Å². The third-order valence-electron chi connectivity index (χ3n) is 4.08. The fourth-order valence-corrected chi connectivity index (χ4v) is 4.27. The number of sulfonamides is 1. The molecule has 0 aliphatic carbocycles. The van der Waals surface area contributed by atoms with Crippen LogP contribution in [0.4, 0.5) is 13.2 Å². The molecule has 0 spiro atoms. The van der Waals surface area contributed by atoms with Gasteiger partial charge in [0.15, 0.2) is 0 Å². The highest BCUT2D eigenvalue weighted by molar-refractivity contribution is 7.89. The number of esters is 1. The number of carbonyl (C=O) groups is 1. The first kappa shape index (κ1) is 26.2. The van der Waals surface area contributed by atoms with Crippen molar-refractivity contribution in [2.45, 2.75) is 17.3 Å². The van der Waals surface area contributed by atoms with Gasteiger partial charge in [-0.25, -0.2) is 17.9 Å². The molecule has 0 aliphatic heterocycles. The standard InChI is InChI=1S/C19H19Cl2F3N2O5S/c1-26(2)10-16(11-4-6-14(20)15(21)8-11)25-32(28,29)12-5-7-17(31-19(22,23)24)13(9-12)18(27)30-3/h4-9,16,25H,10H2,1-3H3. The SMILES string of the molecule is COC(=O)c1cc(S(=O)(=O)NC(CN(C)C)c2ccc(Cl)c(Cl)c2)ccc1OC(F)(F)F. The maximum Gasteiger partial charge on any atom is 0.573 e. The molecule has 0 aliphatic rings. The highest BCUT2D eigenvalue weighted by Gasteiger charge is 2.34. The second-order valence-corrected chi connectivity index (χ2v) is 9.34. The summed E-state index contributed by atoms with van der Waals surface area (Å²) in [5, 5.41) is 0.499. The highest BCUT2D eigenvalue weighted by Crippen LogP contribution is 2.30. The van der Waals surface area contributed by atoms with Crippen LogP contribution in [0.1, 0.15) is 22.0 Å². The molecule has 2 aromatic carbocycles. The Hall–Kier alpha value is -2.05. The van der Waals surface area contributed by atoms with Gasteiger partial charge in [0.25, 0.3) is 0 Å². The monoisotopic (exact) mass is 514 g/mol. The van der Waals surface area contributed by atoms with E-state index >= 15 is 0 Å². The van der Waals surface area contributed by atoms with Crippen LogP contribution in [0, 0.1) is 0 Å². The number of halogens is 5. The van der Waals surface area contributed by atoms with Crippen molar-refractivity contribution >= 4 is 39.2 Å². The van der Waals surface area contributed by atoms with Crippen LogP contribution < -0.4 is 9.46 Å². The minimum Gasteiger partial charge on any atom is -0.465 e. The molecule has 0 saturated carbocycles. The third kappa shape index (κ3) is 6.97. The van der Waals surface area contributed by atoms with Crippen LogP contribution in [0.2, 0.25) is 10.0 Å². The first-order valence-corrected chi connectivity index (χ1v) is 11.1. The molecule has 32 heavy (non-hydrogen) atoms. The minimum atomic E-state index is -5.09. The summed E-state index contributed by atoms with van der Waals surface area (Å²) >= 11 is 12.0. The molecule has 0 aromatic heterocycles. The Kier molecular flexibility index (Phi) is 8.40. The summed E-state index contributed by atoms with van der Waals surface area (Å²) in [6.07, 6.45) is -5.09. The molecule has 0 amide bonds. The van der Waals surface area contributed by atoms with E-state index in [2.05, 4.69) is 14.2 Å². The number of rotatable bonds is 8. The van der Waals surface area contributed by atoms with Crippen molar-refractivity contribution in [3.63, 3.8) is 0 Å². The number of alkyl halides is 3. The van der Waals surface area contributed by atoms with Crippen LogP contribution in [0.15, 0.2) is 41.3 Å². The van der Waals surface area contributed by atoms with E-state index in [0.29, 0.717) is 5.56 Å². The number of carbonyl (C=O) groups excluding carboxylic acids is 1. The van der Waals surface area contributed by atoms with Crippen molar-refractivity contribution in [1.29, 1.82) is 0 Å². The summed E-state index contributed by atoms with van der Waals surface area (Å²) in [4.78, 5) is 13.2. The molecule has 7 nitrogen and oxygen atoms in total. The van der Waals surface area contributed by atoms with Crippen molar-refractivity contribution in [1.82, 2.24) is 9.62 Å². The maximum atomic E-state index is 13.0. The molecule has 176 valence electrons. The predicted molar refractivity (Wildman–Crippen MR) is 113 cm³/mol. The zero-order valence-electron chi connectivity index (χ0n) is 17.0. The zero-order chi connectivity index (χ0) is 24.3. The van der Waals surface area contributed by atoms with Gasteiger partial charge in [-0.2, -0.15) is 0 Å². The summed E-state index contributed by atoms with van der Waals surface area (Å²) in [7, 11) is 0.0821. The second-order valence-electron chi connectivity index (χ2n) is 6.81. The van der Waals surface area contributed by atoms with E-state index in [9.17, 15) is 26.4 Å². The average Bonchev–Trinajstić information content (AvgIpc) is 2.67. The van der Waals surface area contributed by atoms with E-state index in [1.165, 1.54) is 12.1 Å². The van der Waals surface area contributed by atoms with E-state index in [4.69, 9.17) is 23.2 Å². The van der Waals surface area contributed by atoms with E-state index in [0.717, 1.165) is 25.3 Å². The Morgan fingerprint density at radius 3 is 2.31 bits per heavy atom. The van der Waals surface area contributed by atoms with Gasteiger partial charge in [0, 0.05) is 6.54 Å². The topological polar surface area (TPSA) is 84.9 Å². The smallest absolute Gasteiger partial charge is 0.465 e. The minimum absolute atomic E-state index is 0.216. The number of ether oxygens (including phenoxy) is 2. The molecule has 0 bridgehead atoms. The number of methoxy groups -OCH3 is 1. The van der Waals surface area contributed by atoms with Gasteiger partial charge in [0.1, 0.15) is 11.3 Å². The van der Waals surface area contributed by atoms with Gasteiger partial charge in [-0.3, -0.25) is 0 Å². The van der Waals surface area contributed by atoms with Crippen molar-refractivity contribution in [3.05, 3.63) is 57.6 Å². The van der Waals surface area contributed by atoms with E-state index in [1.54, 1.807) is 25.1 Å². The Labute approximate surface area is 193 Å². The maximum absolute atomic E-state index is 13.0. The van der Waals surface area contributed by atoms with E-state index in [1.807, 2.05) is 0 Å². The summed E-state index contributed by atoms with van der Waals surface area (Å²) in [5.74, 6) is -2.09. The summed E-state index contributed by atoms with van der Waals surface area (Å²) in [6.45, 7) is 0.219. The quantitative estimate of drug-likeness (QED) is 0.529. The van der Waals surface area contributed by atoms with Gasteiger partial charge in [-0.05, 0) is 50.0 Å². The fraction of sp³-hybridized carbons (Fsp3) is 0.316. The Morgan fingerprint density at radius 1 is 1.12 bits per heavy atom. The second kappa shape index (κ2) is 10.3. The normalized spacial score (nSPS) is 13.2. The summed E-state index contributed by atoms with van der Waals surface area (Å²) in [5.41, 5.74) is -0.201. The van der Waals surface area contributed by atoms with Crippen molar-refractivity contribution in [2.75, 3.05) is 27.7 Å². The average molecular weight is 515 g/mol. The van der Waals surface area contributed by atoms with Gasteiger partial charge in [-0.1, -0.05) is 29.3 Å². The van der Waals surface area contributed by atoms with Gasteiger partial charge >= 0.3 is 12.3 Å². The van der Waals surface area contributed by atoms with Crippen LogP contribution in [-0.4, -0.2) is 53.4 Å². The first-order chi connectivity index (χ1) is 14.7. The lowest BCUT2D eigenvalue weighted by atomic mass is 10.1. The molecule has 2 rings (SSSR count). The summed E-state index contributed by atoms with van der Waals surface area (Å²) < 4.78 is 74.6. The lowest BCUT2D eigenvalue weighted by Crippen LogP contribution is -2.35. The van der Waals surface area contributed by atoms with Crippen LogP contribution in [-0.2, 0) is 14.8 Å². The molecule has 1 unspecified atom stereocenters. The van der Waals surface area contributed by atoms with Gasteiger partial charge in [0.2, 0.25) is 10.0 Å². The van der Waals surface area contributed by atoms with Gasteiger partial charge in [-0.15, -0.1) is 13.2 Å². The Balaban J connectivity index is 2.47. The molecule has 1 N–H and O–H groups in total. The van der Waals surface area contributed by atoms with Gasteiger partial charge in [0.05, 0.1) is 28.1 Å². The van der Waals surface area contributed by atoms with Crippen LogP contribution >= 0.6 is 23.2 Å². The number of benzene rings is 2. The van der Waals surface area contributed by atoms with Crippen LogP contribution in [0.25, 0.3) is 0 Å². The lowest BCUT2D eigenvalue weighted by molar-refractivity contribution is -0.274. The fourth-order valence-electron chi connectivity index (χ4n) is 2.72. The molecule has 1 atom stereocenters. The molecule has 0 radical (unpaired) electrons. The number of likely N-dealkylation sites (N-methyl/N-ethyl adjacent to an activating group) is 1. The van der Waals surface area contributed by atoms with Crippen molar-refractivity contribution < 1.29 is 35.9 Å². The molecule has 0 saturated heterocycles. The van der Waals surface area contributed by atoms with Crippen molar-refractivity contribution in [2.24, 2.45) is 0 Å².